The van der Waals surface area contributed by atoms with Crippen LogP contribution in [0, 0.1) is 5.41 Å². The Morgan fingerprint density at radius 2 is 2.28 bits per heavy atom. The zero-order chi connectivity index (χ0) is 13.7. The number of halogens is 1. The van der Waals surface area contributed by atoms with Crippen molar-refractivity contribution >= 4 is 27.7 Å². The molecule has 0 atom stereocenters. The van der Waals surface area contributed by atoms with Gasteiger partial charge in [0.15, 0.2) is 0 Å². The van der Waals surface area contributed by atoms with Gasteiger partial charge in [0.25, 0.3) is 0 Å². The van der Waals surface area contributed by atoms with E-state index in [0.717, 1.165) is 0 Å². The van der Waals surface area contributed by atoms with E-state index in [-0.39, 0.29) is 11.9 Å². The predicted molar refractivity (Wildman–Crippen MR) is 75.3 cm³/mol. The third kappa shape index (κ3) is 3.83. The minimum Gasteiger partial charge on any atom is -0.480 e. The molecule has 0 aliphatic carbocycles. The summed E-state index contributed by atoms with van der Waals surface area (Å²) >= 11 is 3.32. The summed E-state index contributed by atoms with van der Waals surface area (Å²) in [6, 6.07) is 0.218. The largest absolute Gasteiger partial charge is 0.480 e. The molecular weight excluding hydrogens is 298 g/mol. The third-order valence-corrected chi connectivity index (χ3v) is 2.94. The zero-order valence-electron chi connectivity index (χ0n) is 10.8. The van der Waals surface area contributed by atoms with E-state index in [1.165, 1.54) is 0 Å². The molecule has 0 radical (unpaired) electrons. The number of ether oxygens (including phenoxy) is 1. The van der Waals surface area contributed by atoms with E-state index < -0.39 is 0 Å². The average Bonchev–Trinajstić information content (AvgIpc) is 2.30. The highest BCUT2D eigenvalue weighted by atomic mass is 79.9. The van der Waals surface area contributed by atoms with Gasteiger partial charge >= 0.3 is 0 Å². The monoisotopic (exact) mass is 315 g/mol. The lowest BCUT2D eigenvalue weighted by molar-refractivity contribution is 0.393. The van der Waals surface area contributed by atoms with Crippen molar-refractivity contribution in [1.29, 1.82) is 5.41 Å². The molecule has 1 heterocycles. The van der Waals surface area contributed by atoms with Gasteiger partial charge in [-0.2, -0.15) is 4.98 Å². The van der Waals surface area contributed by atoms with Crippen LogP contribution < -0.4 is 15.4 Å². The first-order valence-electron chi connectivity index (χ1n) is 5.61. The highest BCUT2D eigenvalue weighted by molar-refractivity contribution is 9.10. The summed E-state index contributed by atoms with van der Waals surface area (Å²) in [5.41, 5.74) is 5.38. The van der Waals surface area contributed by atoms with Crippen LogP contribution in [0.15, 0.2) is 10.7 Å². The molecule has 0 bridgehead atoms. The van der Waals surface area contributed by atoms with Gasteiger partial charge in [0.2, 0.25) is 11.8 Å². The lowest BCUT2D eigenvalue weighted by atomic mass is 10.3. The van der Waals surface area contributed by atoms with Crippen molar-refractivity contribution < 1.29 is 4.74 Å². The van der Waals surface area contributed by atoms with Crippen LogP contribution in [0.4, 0.5) is 5.95 Å². The van der Waals surface area contributed by atoms with Crippen molar-refractivity contribution in [3.05, 3.63) is 10.7 Å². The summed E-state index contributed by atoms with van der Waals surface area (Å²) in [7, 11) is 1.56. The molecule has 1 aromatic heterocycles. The van der Waals surface area contributed by atoms with Crippen LogP contribution >= 0.6 is 15.9 Å². The van der Waals surface area contributed by atoms with Crippen LogP contribution in [0.1, 0.15) is 20.3 Å². The second kappa shape index (κ2) is 6.53. The smallest absolute Gasteiger partial charge is 0.232 e. The molecule has 0 aliphatic heterocycles. The number of nitrogens with one attached hydrogen (secondary N) is 1. The van der Waals surface area contributed by atoms with Crippen LogP contribution in [-0.2, 0) is 0 Å². The summed E-state index contributed by atoms with van der Waals surface area (Å²) in [4.78, 5) is 10.6. The highest BCUT2D eigenvalue weighted by Gasteiger charge is 2.15. The van der Waals surface area contributed by atoms with Gasteiger partial charge in [-0.05, 0) is 29.8 Å². The summed E-state index contributed by atoms with van der Waals surface area (Å²) in [5, 5.41) is 7.28. The quantitative estimate of drug-likeness (QED) is 0.617. The topological polar surface area (TPSA) is 88.1 Å². The van der Waals surface area contributed by atoms with Gasteiger partial charge in [-0.25, -0.2) is 4.98 Å². The normalized spacial score (nSPS) is 10.5. The molecular formula is C11H18BrN5O. The van der Waals surface area contributed by atoms with E-state index in [1.54, 1.807) is 13.3 Å². The van der Waals surface area contributed by atoms with Crippen LogP contribution in [0.2, 0.25) is 0 Å². The molecule has 0 amide bonds. The number of methoxy groups -OCH3 is 1. The molecule has 0 aromatic carbocycles. The van der Waals surface area contributed by atoms with Gasteiger partial charge in [0.1, 0.15) is 0 Å². The van der Waals surface area contributed by atoms with Crippen molar-refractivity contribution in [1.82, 2.24) is 9.97 Å². The van der Waals surface area contributed by atoms with Crippen LogP contribution in [0.25, 0.3) is 0 Å². The number of aromatic nitrogens is 2. The minimum atomic E-state index is 0.157. The first-order chi connectivity index (χ1) is 8.45. The van der Waals surface area contributed by atoms with Gasteiger partial charge in [0, 0.05) is 19.0 Å². The number of nitrogens with zero attached hydrogens (tertiary/aromatic N) is 3. The van der Waals surface area contributed by atoms with E-state index in [1.807, 2.05) is 18.7 Å². The standard InChI is InChI=1S/C11H18BrN5O/c1-7(2)17(5-4-9(13)14)11-15-6-8(12)10(16-11)18-3/h6-7H,4-5H2,1-3H3,(H3,13,14). The average molecular weight is 316 g/mol. The first kappa shape index (κ1) is 14.7. The molecule has 0 saturated heterocycles. The van der Waals surface area contributed by atoms with Crippen LogP contribution in [-0.4, -0.2) is 35.5 Å². The fourth-order valence-corrected chi connectivity index (χ4v) is 1.81. The summed E-state index contributed by atoms with van der Waals surface area (Å²) in [5.74, 6) is 1.23. The number of rotatable bonds is 6. The third-order valence-electron chi connectivity index (χ3n) is 2.39. The number of nitrogens with two attached hydrogens (primary N) is 1. The highest BCUT2D eigenvalue weighted by Crippen LogP contribution is 2.24. The van der Waals surface area contributed by atoms with E-state index in [2.05, 4.69) is 25.9 Å². The van der Waals surface area contributed by atoms with Gasteiger partial charge < -0.3 is 15.4 Å². The summed E-state index contributed by atoms with van der Waals surface area (Å²) in [6.07, 6.45) is 2.14. The lowest BCUT2D eigenvalue weighted by Gasteiger charge is -2.26. The molecule has 100 valence electrons. The Balaban J connectivity index is 2.94. The maximum absolute atomic E-state index is 7.28. The van der Waals surface area contributed by atoms with Gasteiger partial charge in [0.05, 0.1) is 23.6 Å². The molecule has 0 spiro atoms. The fourth-order valence-electron chi connectivity index (χ4n) is 1.45. The second-order valence-corrected chi connectivity index (χ2v) is 4.94. The Morgan fingerprint density at radius 1 is 1.61 bits per heavy atom. The van der Waals surface area contributed by atoms with E-state index in [0.29, 0.717) is 29.3 Å². The molecule has 1 rings (SSSR count). The van der Waals surface area contributed by atoms with E-state index >= 15 is 0 Å². The van der Waals surface area contributed by atoms with Crippen molar-refractivity contribution in [2.45, 2.75) is 26.3 Å². The van der Waals surface area contributed by atoms with Gasteiger partial charge in [-0.15, -0.1) is 0 Å². The van der Waals surface area contributed by atoms with E-state index in [9.17, 15) is 0 Å². The number of hydrogen-bond donors (Lipinski definition) is 2. The molecule has 7 heteroatoms. The SMILES string of the molecule is COc1nc(N(CCC(=N)N)C(C)C)ncc1Br. The summed E-state index contributed by atoms with van der Waals surface area (Å²) < 4.78 is 5.86. The minimum absolute atomic E-state index is 0.157. The van der Waals surface area contributed by atoms with Crippen LogP contribution in [0.5, 0.6) is 5.88 Å². The molecule has 0 aliphatic rings. The molecule has 0 unspecified atom stereocenters. The van der Waals surface area contributed by atoms with Crippen molar-refractivity contribution in [2.24, 2.45) is 5.73 Å². The van der Waals surface area contributed by atoms with Gasteiger partial charge in [-0.3, -0.25) is 5.41 Å². The Kier molecular flexibility index (Phi) is 5.33. The molecule has 6 nitrogen and oxygen atoms in total. The Morgan fingerprint density at radius 3 is 2.78 bits per heavy atom. The zero-order valence-corrected chi connectivity index (χ0v) is 12.4. The predicted octanol–water partition coefficient (Wildman–Crippen LogP) is 1.79. The molecule has 18 heavy (non-hydrogen) atoms. The van der Waals surface area contributed by atoms with Crippen molar-refractivity contribution in [2.75, 3.05) is 18.6 Å². The fraction of sp³-hybridized carbons (Fsp3) is 0.545. The lowest BCUT2D eigenvalue weighted by Crippen LogP contribution is -2.35. The molecule has 0 fully saturated rings. The number of anilines is 1. The van der Waals surface area contributed by atoms with Crippen molar-refractivity contribution in [3.8, 4) is 5.88 Å². The number of hydrogen-bond acceptors (Lipinski definition) is 5. The second-order valence-electron chi connectivity index (χ2n) is 4.09. The Labute approximate surface area is 115 Å². The van der Waals surface area contributed by atoms with Crippen LogP contribution in [0.3, 0.4) is 0 Å². The van der Waals surface area contributed by atoms with Crippen molar-refractivity contribution in [3.63, 3.8) is 0 Å². The molecule has 3 N–H and O–H groups in total. The first-order valence-corrected chi connectivity index (χ1v) is 6.41. The maximum atomic E-state index is 7.28. The van der Waals surface area contributed by atoms with E-state index in [4.69, 9.17) is 15.9 Å². The maximum Gasteiger partial charge on any atom is 0.232 e. The molecule has 1 aromatic rings. The van der Waals surface area contributed by atoms with Gasteiger partial charge in [-0.1, -0.05) is 0 Å². The Hall–Kier alpha value is -1.37. The Bertz CT molecular complexity index is 424. The number of amidine groups is 1. The summed E-state index contributed by atoms with van der Waals surface area (Å²) in [6.45, 7) is 4.69. The molecule has 0 saturated carbocycles.